The van der Waals surface area contributed by atoms with Crippen molar-refractivity contribution in [3.05, 3.63) is 29.3 Å². The molecule has 2 heterocycles. The largest absolute Gasteiger partial charge is 0.450 e. The fourth-order valence-corrected chi connectivity index (χ4v) is 5.16. The lowest BCUT2D eigenvalue weighted by atomic mass is 9.68. The molecule has 0 aromatic heterocycles. The summed E-state index contributed by atoms with van der Waals surface area (Å²) in [4.78, 5) is 29.2. The van der Waals surface area contributed by atoms with Crippen LogP contribution in [-0.2, 0) is 14.9 Å². The quantitative estimate of drug-likeness (QED) is 0.831. The summed E-state index contributed by atoms with van der Waals surface area (Å²) in [5.41, 5.74) is 1.96. The molecular formula is C22H28N4O3. The van der Waals surface area contributed by atoms with Gasteiger partial charge in [-0.25, -0.2) is 4.79 Å². The van der Waals surface area contributed by atoms with Gasteiger partial charge in [0.05, 0.1) is 23.7 Å². The van der Waals surface area contributed by atoms with Gasteiger partial charge in [-0.1, -0.05) is 6.07 Å². The van der Waals surface area contributed by atoms with Crippen LogP contribution in [0.15, 0.2) is 18.2 Å². The average molecular weight is 396 g/mol. The van der Waals surface area contributed by atoms with Crippen LogP contribution in [0.5, 0.6) is 0 Å². The van der Waals surface area contributed by atoms with Gasteiger partial charge in [0.25, 0.3) is 0 Å². The van der Waals surface area contributed by atoms with Gasteiger partial charge in [0.2, 0.25) is 5.91 Å². The van der Waals surface area contributed by atoms with Gasteiger partial charge >= 0.3 is 6.09 Å². The molecule has 1 aromatic carbocycles. The van der Waals surface area contributed by atoms with Crippen LogP contribution in [-0.4, -0.2) is 60.6 Å². The number of ether oxygens (including phenoxy) is 1. The molecule has 0 radical (unpaired) electrons. The molecule has 1 saturated heterocycles. The highest BCUT2D eigenvalue weighted by molar-refractivity contribution is 6.06. The summed E-state index contributed by atoms with van der Waals surface area (Å²) < 4.78 is 5.15. The van der Waals surface area contributed by atoms with Crippen LogP contribution in [0.3, 0.4) is 0 Å². The van der Waals surface area contributed by atoms with Gasteiger partial charge < -0.3 is 15.0 Å². The first-order valence-electron chi connectivity index (χ1n) is 10.6. The highest BCUT2D eigenvalue weighted by Crippen LogP contribution is 2.48. The zero-order valence-corrected chi connectivity index (χ0v) is 16.9. The predicted molar refractivity (Wildman–Crippen MR) is 109 cm³/mol. The van der Waals surface area contributed by atoms with E-state index in [0.29, 0.717) is 24.8 Å². The molecule has 2 fully saturated rings. The average Bonchev–Trinajstić information content (AvgIpc) is 2.90. The maximum Gasteiger partial charge on any atom is 0.409 e. The van der Waals surface area contributed by atoms with Crippen molar-refractivity contribution < 1.29 is 14.3 Å². The molecule has 1 aliphatic carbocycles. The van der Waals surface area contributed by atoms with Gasteiger partial charge in [0.15, 0.2) is 0 Å². The van der Waals surface area contributed by atoms with Gasteiger partial charge in [0, 0.05) is 37.9 Å². The first kappa shape index (κ1) is 19.7. The number of rotatable bonds is 2. The van der Waals surface area contributed by atoms with Crippen molar-refractivity contribution in [1.82, 2.24) is 9.80 Å². The van der Waals surface area contributed by atoms with Crippen molar-refractivity contribution in [3.8, 4) is 6.07 Å². The second-order valence-electron chi connectivity index (χ2n) is 8.22. The molecule has 3 aliphatic rings. The lowest BCUT2D eigenvalue weighted by molar-refractivity contribution is -0.122. The van der Waals surface area contributed by atoms with Crippen molar-refractivity contribution in [2.24, 2.45) is 0 Å². The lowest BCUT2D eigenvalue weighted by Gasteiger charge is -2.40. The number of nitriles is 1. The van der Waals surface area contributed by atoms with Crippen LogP contribution in [0, 0.1) is 11.3 Å². The second kappa shape index (κ2) is 8.03. The maximum atomic E-state index is 12.9. The Balaban J connectivity index is 1.41. The first-order chi connectivity index (χ1) is 14.1. The summed E-state index contributed by atoms with van der Waals surface area (Å²) in [5, 5.41) is 12.1. The standard InChI is InChI=1S/C22H28N4O3/c1-2-29-21(28)26-11-3-10-25(12-13-26)17-6-8-22(9-7-17)18-5-4-16(15-23)14-19(18)24-20(22)27/h4-5,14,17H,2-3,6-13H2,1H3,(H,24,27). The fraction of sp³-hybridized carbons (Fsp3) is 0.591. The predicted octanol–water partition coefficient (Wildman–Crippen LogP) is 2.85. The zero-order valence-electron chi connectivity index (χ0n) is 16.9. The number of hydrogen-bond acceptors (Lipinski definition) is 5. The Morgan fingerprint density at radius 2 is 2.07 bits per heavy atom. The Morgan fingerprint density at radius 3 is 2.79 bits per heavy atom. The minimum absolute atomic E-state index is 0.0744. The van der Waals surface area contributed by atoms with Crippen molar-refractivity contribution in [2.45, 2.75) is 50.5 Å². The number of amides is 2. The minimum Gasteiger partial charge on any atom is -0.450 e. The van der Waals surface area contributed by atoms with E-state index in [4.69, 9.17) is 10.00 Å². The van der Waals surface area contributed by atoms with Crippen LogP contribution in [0.1, 0.15) is 50.2 Å². The molecule has 1 spiro atoms. The van der Waals surface area contributed by atoms with Gasteiger partial charge in [0.1, 0.15) is 0 Å². The highest BCUT2D eigenvalue weighted by Gasteiger charge is 2.49. The molecule has 154 valence electrons. The number of carbonyl (C=O) groups is 2. The summed E-state index contributed by atoms with van der Waals surface area (Å²) in [6.45, 7) is 5.50. The number of anilines is 1. The van der Waals surface area contributed by atoms with E-state index in [2.05, 4.69) is 16.3 Å². The molecule has 2 aliphatic heterocycles. The fourth-order valence-electron chi connectivity index (χ4n) is 5.16. The number of hydrogen-bond donors (Lipinski definition) is 1. The summed E-state index contributed by atoms with van der Waals surface area (Å²) in [6, 6.07) is 8.14. The zero-order chi connectivity index (χ0) is 20.4. The van der Waals surface area contributed by atoms with Gasteiger partial charge in [-0.05, 0) is 56.7 Å². The third-order valence-electron chi connectivity index (χ3n) is 6.73. The number of fused-ring (bicyclic) bond motifs is 2. The van der Waals surface area contributed by atoms with Crippen LogP contribution >= 0.6 is 0 Å². The van der Waals surface area contributed by atoms with E-state index in [0.717, 1.165) is 63.0 Å². The Kier molecular flexibility index (Phi) is 5.46. The molecule has 1 aromatic rings. The molecule has 0 bridgehead atoms. The third-order valence-corrected chi connectivity index (χ3v) is 6.73. The number of nitrogens with zero attached hydrogens (tertiary/aromatic N) is 3. The summed E-state index contributed by atoms with van der Waals surface area (Å²) >= 11 is 0. The second-order valence-corrected chi connectivity index (χ2v) is 8.22. The molecular weight excluding hydrogens is 368 g/mol. The SMILES string of the molecule is CCOC(=O)N1CCCN(C2CCC3(CC2)C(=O)Nc2cc(C#N)ccc23)CC1. The molecule has 0 atom stereocenters. The van der Waals surface area contributed by atoms with Crippen molar-refractivity contribution in [1.29, 1.82) is 5.26 Å². The van der Waals surface area contributed by atoms with Crippen LogP contribution in [0.2, 0.25) is 0 Å². The Morgan fingerprint density at radius 1 is 1.28 bits per heavy atom. The van der Waals surface area contributed by atoms with E-state index in [9.17, 15) is 9.59 Å². The molecule has 0 unspecified atom stereocenters. The van der Waals surface area contributed by atoms with Crippen molar-refractivity contribution >= 4 is 17.7 Å². The number of nitrogens with one attached hydrogen (secondary N) is 1. The molecule has 4 rings (SSSR count). The number of carbonyl (C=O) groups excluding carboxylic acids is 2. The molecule has 7 heteroatoms. The van der Waals surface area contributed by atoms with E-state index in [1.807, 2.05) is 19.1 Å². The summed E-state index contributed by atoms with van der Waals surface area (Å²) in [5.74, 6) is 0.0744. The highest BCUT2D eigenvalue weighted by atomic mass is 16.6. The monoisotopic (exact) mass is 396 g/mol. The van der Waals surface area contributed by atoms with E-state index in [1.165, 1.54) is 0 Å². The molecule has 7 nitrogen and oxygen atoms in total. The van der Waals surface area contributed by atoms with Crippen LogP contribution in [0.4, 0.5) is 10.5 Å². The van der Waals surface area contributed by atoms with Gasteiger partial charge in [-0.15, -0.1) is 0 Å². The molecule has 2 amide bonds. The first-order valence-corrected chi connectivity index (χ1v) is 10.6. The van der Waals surface area contributed by atoms with E-state index in [-0.39, 0.29) is 12.0 Å². The van der Waals surface area contributed by atoms with E-state index >= 15 is 0 Å². The third kappa shape index (κ3) is 3.58. The van der Waals surface area contributed by atoms with E-state index in [1.54, 1.807) is 11.0 Å². The molecule has 29 heavy (non-hydrogen) atoms. The summed E-state index contributed by atoms with van der Waals surface area (Å²) in [6.07, 6.45) is 4.30. The minimum atomic E-state index is -0.456. The molecule has 1 N–H and O–H groups in total. The topological polar surface area (TPSA) is 85.7 Å². The Hall–Kier alpha value is -2.59. The van der Waals surface area contributed by atoms with E-state index < -0.39 is 5.41 Å². The smallest absolute Gasteiger partial charge is 0.409 e. The molecule has 1 saturated carbocycles. The van der Waals surface area contributed by atoms with Crippen molar-refractivity contribution in [2.75, 3.05) is 38.1 Å². The van der Waals surface area contributed by atoms with Crippen LogP contribution in [0.25, 0.3) is 0 Å². The van der Waals surface area contributed by atoms with Crippen LogP contribution < -0.4 is 5.32 Å². The Bertz CT molecular complexity index is 839. The lowest BCUT2D eigenvalue weighted by Crippen LogP contribution is -2.46. The van der Waals surface area contributed by atoms with Gasteiger partial charge in [-0.2, -0.15) is 5.26 Å². The van der Waals surface area contributed by atoms with Crippen molar-refractivity contribution in [3.63, 3.8) is 0 Å². The van der Waals surface area contributed by atoms with Gasteiger partial charge in [-0.3, -0.25) is 9.69 Å². The number of benzene rings is 1. The Labute approximate surface area is 171 Å². The normalized spacial score (nSPS) is 27.1. The maximum absolute atomic E-state index is 12.9. The summed E-state index contributed by atoms with van der Waals surface area (Å²) in [7, 11) is 0.